The molecule has 0 spiro atoms. The number of halogens is 2. The Balaban J connectivity index is 2.42. The van der Waals surface area contributed by atoms with Crippen LogP contribution in [0.25, 0.3) is 0 Å². The van der Waals surface area contributed by atoms with E-state index in [-0.39, 0.29) is 17.3 Å². The lowest BCUT2D eigenvalue weighted by Gasteiger charge is -2.36. The van der Waals surface area contributed by atoms with E-state index in [0.717, 1.165) is 22.7 Å². The molecule has 0 aliphatic heterocycles. The molecule has 0 bridgehead atoms. The highest BCUT2D eigenvalue weighted by Gasteiger charge is 2.32. The predicted octanol–water partition coefficient (Wildman–Crippen LogP) is 5.11. The molecule has 21 heavy (non-hydrogen) atoms. The van der Waals surface area contributed by atoms with Gasteiger partial charge in [-0.1, -0.05) is 56.6 Å². The fourth-order valence-electron chi connectivity index (χ4n) is 2.73. The molecule has 1 unspecified atom stereocenters. The Kier molecular flexibility index (Phi) is 5.02. The van der Waals surface area contributed by atoms with Crippen molar-refractivity contribution in [3.8, 4) is 0 Å². The highest BCUT2D eigenvalue weighted by Crippen LogP contribution is 2.37. The Morgan fingerprint density at radius 1 is 1.14 bits per heavy atom. The SMILES string of the molecule is CCNC(c1cccc(Cl)c1)C(C)(C)c1ccc(F)cc1. The molecule has 0 radical (unpaired) electrons. The molecule has 1 atom stereocenters. The third-order valence-corrected chi connectivity index (χ3v) is 4.14. The first-order valence-electron chi connectivity index (χ1n) is 7.20. The summed E-state index contributed by atoms with van der Waals surface area (Å²) < 4.78 is 13.2. The van der Waals surface area contributed by atoms with Crippen molar-refractivity contribution in [1.29, 1.82) is 0 Å². The van der Waals surface area contributed by atoms with Crippen LogP contribution in [-0.2, 0) is 5.41 Å². The van der Waals surface area contributed by atoms with Gasteiger partial charge in [0.1, 0.15) is 5.82 Å². The first kappa shape index (κ1) is 16.0. The van der Waals surface area contributed by atoms with Crippen LogP contribution in [0.1, 0.15) is 37.9 Å². The van der Waals surface area contributed by atoms with Crippen LogP contribution in [0, 0.1) is 5.82 Å². The molecule has 1 N–H and O–H groups in total. The van der Waals surface area contributed by atoms with Crippen LogP contribution < -0.4 is 5.32 Å². The molecule has 0 saturated heterocycles. The Hall–Kier alpha value is -1.38. The minimum atomic E-state index is -0.211. The van der Waals surface area contributed by atoms with Crippen molar-refractivity contribution in [2.45, 2.75) is 32.2 Å². The number of hydrogen-bond acceptors (Lipinski definition) is 1. The Bertz CT molecular complexity index is 592. The van der Waals surface area contributed by atoms with Crippen LogP contribution in [0.4, 0.5) is 4.39 Å². The number of rotatable bonds is 5. The summed E-state index contributed by atoms with van der Waals surface area (Å²) in [5.41, 5.74) is 2.04. The van der Waals surface area contributed by atoms with Gasteiger partial charge < -0.3 is 5.32 Å². The molecular formula is C18H21ClFN. The van der Waals surface area contributed by atoms with E-state index in [1.165, 1.54) is 12.1 Å². The summed E-state index contributed by atoms with van der Waals surface area (Å²) in [5.74, 6) is -0.211. The third kappa shape index (κ3) is 3.63. The largest absolute Gasteiger partial charge is 0.309 e. The first-order valence-corrected chi connectivity index (χ1v) is 7.58. The lowest BCUT2D eigenvalue weighted by molar-refractivity contribution is 0.353. The van der Waals surface area contributed by atoms with Crippen molar-refractivity contribution in [2.75, 3.05) is 6.54 Å². The summed E-state index contributed by atoms with van der Waals surface area (Å²) in [7, 11) is 0. The van der Waals surface area contributed by atoms with Gasteiger partial charge in [-0.3, -0.25) is 0 Å². The molecule has 0 aromatic heterocycles. The first-order chi connectivity index (χ1) is 9.95. The van der Waals surface area contributed by atoms with Gasteiger partial charge >= 0.3 is 0 Å². The van der Waals surface area contributed by atoms with Gasteiger partial charge in [0.05, 0.1) is 0 Å². The smallest absolute Gasteiger partial charge is 0.123 e. The predicted molar refractivity (Wildman–Crippen MR) is 87.3 cm³/mol. The van der Waals surface area contributed by atoms with Crippen LogP contribution in [-0.4, -0.2) is 6.54 Å². The van der Waals surface area contributed by atoms with E-state index in [1.54, 1.807) is 0 Å². The second-order valence-electron chi connectivity index (χ2n) is 5.77. The van der Waals surface area contributed by atoms with Crippen molar-refractivity contribution < 1.29 is 4.39 Å². The van der Waals surface area contributed by atoms with Gasteiger partial charge in [-0.2, -0.15) is 0 Å². The molecule has 2 rings (SSSR count). The zero-order chi connectivity index (χ0) is 15.5. The molecule has 0 aliphatic carbocycles. The highest BCUT2D eigenvalue weighted by molar-refractivity contribution is 6.30. The molecule has 0 heterocycles. The number of likely N-dealkylation sites (N-methyl/N-ethyl adjacent to an activating group) is 1. The van der Waals surface area contributed by atoms with Crippen molar-refractivity contribution in [3.63, 3.8) is 0 Å². The molecule has 0 amide bonds. The van der Waals surface area contributed by atoms with E-state index in [4.69, 9.17) is 11.6 Å². The van der Waals surface area contributed by atoms with E-state index in [1.807, 2.05) is 30.3 Å². The fourth-order valence-corrected chi connectivity index (χ4v) is 2.92. The fraction of sp³-hybridized carbons (Fsp3) is 0.333. The van der Waals surface area contributed by atoms with Crippen LogP contribution in [0.2, 0.25) is 5.02 Å². The zero-order valence-electron chi connectivity index (χ0n) is 12.7. The van der Waals surface area contributed by atoms with E-state index in [9.17, 15) is 4.39 Å². The minimum absolute atomic E-state index is 0.103. The van der Waals surface area contributed by atoms with Crippen molar-refractivity contribution >= 4 is 11.6 Å². The average molecular weight is 306 g/mol. The second kappa shape index (κ2) is 6.59. The maximum absolute atomic E-state index is 13.2. The van der Waals surface area contributed by atoms with Crippen molar-refractivity contribution in [2.24, 2.45) is 0 Å². The molecular weight excluding hydrogens is 285 g/mol. The van der Waals surface area contributed by atoms with Crippen LogP contribution >= 0.6 is 11.6 Å². The summed E-state index contributed by atoms with van der Waals surface area (Å²) in [4.78, 5) is 0. The van der Waals surface area contributed by atoms with Gasteiger partial charge in [0.15, 0.2) is 0 Å². The summed E-state index contributed by atoms with van der Waals surface area (Å²) in [6, 6.07) is 14.7. The lowest BCUT2D eigenvalue weighted by atomic mass is 9.75. The Labute approximate surface area is 131 Å². The number of nitrogens with one attached hydrogen (secondary N) is 1. The summed E-state index contributed by atoms with van der Waals surface area (Å²) in [6.07, 6.45) is 0. The van der Waals surface area contributed by atoms with Gasteiger partial charge in [0, 0.05) is 16.5 Å². The Morgan fingerprint density at radius 3 is 2.38 bits per heavy atom. The molecule has 2 aromatic rings. The van der Waals surface area contributed by atoms with E-state index in [2.05, 4.69) is 32.2 Å². The second-order valence-corrected chi connectivity index (χ2v) is 6.21. The van der Waals surface area contributed by atoms with Crippen LogP contribution in [0.5, 0.6) is 0 Å². The summed E-state index contributed by atoms with van der Waals surface area (Å²) >= 11 is 6.13. The normalized spacial score (nSPS) is 13.2. The topological polar surface area (TPSA) is 12.0 Å². The van der Waals surface area contributed by atoms with Gasteiger partial charge in [-0.25, -0.2) is 4.39 Å². The molecule has 0 saturated carbocycles. The number of hydrogen-bond donors (Lipinski definition) is 1. The molecule has 1 nitrogen and oxygen atoms in total. The molecule has 0 fully saturated rings. The van der Waals surface area contributed by atoms with Gasteiger partial charge in [-0.15, -0.1) is 0 Å². The average Bonchev–Trinajstić information content (AvgIpc) is 2.45. The van der Waals surface area contributed by atoms with Gasteiger partial charge in [0.25, 0.3) is 0 Å². The standard InChI is InChI=1S/C18H21ClFN/c1-4-21-17(13-6-5-7-15(19)12-13)18(2,3)14-8-10-16(20)11-9-14/h5-12,17,21H,4H2,1-3H3. The molecule has 3 heteroatoms. The maximum Gasteiger partial charge on any atom is 0.123 e. The third-order valence-electron chi connectivity index (χ3n) is 3.90. The zero-order valence-corrected chi connectivity index (χ0v) is 13.4. The summed E-state index contributed by atoms with van der Waals surface area (Å²) in [5, 5.41) is 4.25. The highest BCUT2D eigenvalue weighted by atomic mass is 35.5. The van der Waals surface area contributed by atoms with Gasteiger partial charge in [0.2, 0.25) is 0 Å². The molecule has 112 valence electrons. The molecule has 2 aromatic carbocycles. The minimum Gasteiger partial charge on any atom is -0.309 e. The van der Waals surface area contributed by atoms with Crippen molar-refractivity contribution in [1.82, 2.24) is 5.32 Å². The quantitative estimate of drug-likeness (QED) is 0.809. The van der Waals surface area contributed by atoms with Crippen LogP contribution in [0.3, 0.4) is 0 Å². The van der Waals surface area contributed by atoms with Crippen molar-refractivity contribution in [3.05, 3.63) is 70.5 Å². The van der Waals surface area contributed by atoms with E-state index < -0.39 is 0 Å². The maximum atomic E-state index is 13.2. The van der Waals surface area contributed by atoms with Crippen LogP contribution in [0.15, 0.2) is 48.5 Å². The van der Waals surface area contributed by atoms with E-state index >= 15 is 0 Å². The van der Waals surface area contributed by atoms with Gasteiger partial charge in [-0.05, 0) is 41.9 Å². The monoisotopic (exact) mass is 305 g/mol. The van der Waals surface area contributed by atoms with E-state index in [0.29, 0.717) is 0 Å². The Morgan fingerprint density at radius 2 is 1.81 bits per heavy atom. The number of benzene rings is 2. The summed E-state index contributed by atoms with van der Waals surface area (Å²) in [6.45, 7) is 7.25. The lowest BCUT2D eigenvalue weighted by Crippen LogP contribution is -2.37. The molecule has 0 aliphatic rings.